The van der Waals surface area contributed by atoms with Gasteiger partial charge >= 0.3 is 12.1 Å². The molecule has 1 atom stereocenters. The number of methoxy groups -OCH3 is 1. The van der Waals surface area contributed by atoms with Crippen LogP contribution in [0.3, 0.4) is 0 Å². The zero-order valence-corrected chi connectivity index (χ0v) is 15.9. The smallest absolute Gasteiger partial charge is 0.431 e. The van der Waals surface area contributed by atoms with Gasteiger partial charge in [0.15, 0.2) is 0 Å². The van der Waals surface area contributed by atoms with Gasteiger partial charge in [0.1, 0.15) is 11.4 Å². The number of allylic oxidation sites excluding steroid dienone is 1. The Labute approximate surface area is 169 Å². The summed E-state index contributed by atoms with van der Waals surface area (Å²) in [6, 6.07) is 7.31. The average Bonchev–Trinajstić information content (AvgIpc) is 2.71. The number of hydrogen-bond acceptors (Lipinski definition) is 6. The molecule has 10 heteroatoms. The van der Waals surface area contributed by atoms with Crippen molar-refractivity contribution < 1.29 is 32.5 Å². The van der Waals surface area contributed by atoms with Crippen molar-refractivity contribution in [3.63, 3.8) is 0 Å². The fourth-order valence-electron chi connectivity index (χ4n) is 3.37. The van der Waals surface area contributed by atoms with Crippen LogP contribution >= 0.6 is 0 Å². The average molecular weight is 419 g/mol. The molecule has 1 unspecified atom stereocenters. The van der Waals surface area contributed by atoms with Crippen molar-refractivity contribution in [2.24, 2.45) is 0 Å². The minimum absolute atomic E-state index is 0.00103. The van der Waals surface area contributed by atoms with Gasteiger partial charge in [-0.2, -0.15) is 18.4 Å². The summed E-state index contributed by atoms with van der Waals surface area (Å²) < 4.78 is 52.1. The van der Waals surface area contributed by atoms with E-state index in [4.69, 9.17) is 14.7 Å². The van der Waals surface area contributed by atoms with Crippen molar-refractivity contribution in [1.29, 1.82) is 5.26 Å². The van der Waals surface area contributed by atoms with Crippen molar-refractivity contribution in [3.05, 3.63) is 58.4 Å². The van der Waals surface area contributed by atoms with Gasteiger partial charge in [0.05, 0.1) is 42.4 Å². The van der Waals surface area contributed by atoms with E-state index in [1.165, 1.54) is 37.6 Å². The normalized spacial score (nSPS) is 15.7. The number of aromatic nitrogens is 1. The molecule has 1 aromatic carbocycles. The Balaban J connectivity index is 2.41. The highest BCUT2D eigenvalue weighted by molar-refractivity contribution is 5.94. The lowest BCUT2D eigenvalue weighted by Crippen LogP contribution is -2.32. The van der Waals surface area contributed by atoms with E-state index >= 15 is 0 Å². The SMILES string of the molecule is CCOc1nccc2c1C(c1ccc(C#N)cc1OC)C(C(=O)O)=C(C(F)(F)F)N2. The zero-order chi connectivity index (χ0) is 22.1. The molecule has 156 valence electrons. The van der Waals surface area contributed by atoms with Crippen LogP contribution in [0, 0.1) is 11.3 Å². The number of anilines is 1. The van der Waals surface area contributed by atoms with Gasteiger partial charge in [-0.15, -0.1) is 0 Å². The molecule has 0 spiro atoms. The molecule has 0 aliphatic carbocycles. The maximum atomic E-state index is 13.8. The number of halogens is 3. The number of alkyl halides is 3. The first-order chi connectivity index (χ1) is 14.2. The molecule has 0 amide bonds. The number of carboxylic acid groups (broad SMARTS) is 1. The topological polar surface area (TPSA) is 104 Å². The van der Waals surface area contributed by atoms with Gasteiger partial charge in [0, 0.05) is 17.4 Å². The highest BCUT2D eigenvalue weighted by Gasteiger charge is 2.47. The molecular formula is C20H16F3N3O4. The van der Waals surface area contributed by atoms with E-state index in [-0.39, 0.29) is 40.6 Å². The van der Waals surface area contributed by atoms with Crippen LogP contribution in [0.1, 0.15) is 29.5 Å². The van der Waals surface area contributed by atoms with Crippen LogP contribution < -0.4 is 14.8 Å². The van der Waals surface area contributed by atoms with Crippen molar-refractivity contribution in [2.45, 2.75) is 19.0 Å². The van der Waals surface area contributed by atoms with Crippen molar-refractivity contribution in [3.8, 4) is 17.7 Å². The number of fused-ring (bicyclic) bond motifs is 1. The second-order valence-corrected chi connectivity index (χ2v) is 6.23. The van der Waals surface area contributed by atoms with Crippen LogP contribution in [0.25, 0.3) is 0 Å². The summed E-state index contributed by atoms with van der Waals surface area (Å²) in [4.78, 5) is 16.1. The van der Waals surface area contributed by atoms with Gasteiger partial charge in [0.25, 0.3) is 0 Å². The van der Waals surface area contributed by atoms with Crippen molar-refractivity contribution >= 4 is 11.7 Å². The van der Waals surface area contributed by atoms with Crippen molar-refractivity contribution in [1.82, 2.24) is 4.98 Å². The minimum atomic E-state index is -4.96. The lowest BCUT2D eigenvalue weighted by Gasteiger charge is -2.32. The molecule has 0 radical (unpaired) electrons. The summed E-state index contributed by atoms with van der Waals surface area (Å²) in [6.07, 6.45) is -3.69. The Morgan fingerprint density at radius 3 is 2.67 bits per heavy atom. The fourth-order valence-corrected chi connectivity index (χ4v) is 3.37. The molecule has 1 aliphatic rings. The number of nitriles is 1. The molecule has 1 aromatic heterocycles. The van der Waals surface area contributed by atoms with Crippen LogP contribution in [0.5, 0.6) is 11.6 Å². The highest BCUT2D eigenvalue weighted by atomic mass is 19.4. The van der Waals surface area contributed by atoms with Gasteiger partial charge in [0.2, 0.25) is 5.88 Å². The number of nitrogens with zero attached hydrogens (tertiary/aromatic N) is 2. The predicted molar refractivity (Wildman–Crippen MR) is 99.3 cm³/mol. The number of aliphatic carboxylic acids is 1. The second-order valence-electron chi connectivity index (χ2n) is 6.23. The quantitative estimate of drug-likeness (QED) is 0.759. The Hall–Kier alpha value is -3.74. The van der Waals surface area contributed by atoms with Crippen LogP contribution in [0.15, 0.2) is 41.7 Å². The first-order valence-corrected chi connectivity index (χ1v) is 8.74. The molecule has 0 bridgehead atoms. The lowest BCUT2D eigenvalue weighted by atomic mass is 9.80. The number of rotatable bonds is 5. The highest BCUT2D eigenvalue weighted by Crippen LogP contribution is 2.50. The fraction of sp³-hybridized carbons (Fsp3) is 0.250. The molecule has 2 aromatic rings. The largest absolute Gasteiger partial charge is 0.496 e. The molecule has 2 heterocycles. The van der Waals surface area contributed by atoms with E-state index in [1.807, 2.05) is 6.07 Å². The summed E-state index contributed by atoms with van der Waals surface area (Å²) in [5.41, 5.74) is -1.83. The molecule has 30 heavy (non-hydrogen) atoms. The first kappa shape index (κ1) is 21.0. The van der Waals surface area contributed by atoms with E-state index in [0.717, 1.165) is 0 Å². The van der Waals surface area contributed by atoms with Crippen LogP contribution in [0.4, 0.5) is 18.9 Å². The van der Waals surface area contributed by atoms with Crippen LogP contribution in [0.2, 0.25) is 0 Å². The van der Waals surface area contributed by atoms with Gasteiger partial charge in [-0.1, -0.05) is 6.07 Å². The monoisotopic (exact) mass is 419 g/mol. The molecular weight excluding hydrogens is 403 g/mol. The van der Waals surface area contributed by atoms with Gasteiger partial charge < -0.3 is 19.9 Å². The third kappa shape index (κ3) is 3.61. The summed E-state index contributed by atoms with van der Waals surface area (Å²) in [5, 5.41) is 21.1. The maximum Gasteiger partial charge on any atom is 0.431 e. The minimum Gasteiger partial charge on any atom is -0.496 e. The summed E-state index contributed by atoms with van der Waals surface area (Å²) in [6.45, 7) is 1.84. The van der Waals surface area contributed by atoms with E-state index in [9.17, 15) is 23.1 Å². The predicted octanol–water partition coefficient (Wildman–Crippen LogP) is 3.82. The number of ether oxygens (including phenoxy) is 2. The molecule has 3 rings (SSSR count). The van der Waals surface area contributed by atoms with E-state index in [1.54, 1.807) is 6.92 Å². The summed E-state index contributed by atoms with van der Waals surface area (Å²) in [7, 11) is 1.28. The van der Waals surface area contributed by atoms with Gasteiger partial charge in [-0.05, 0) is 25.1 Å². The van der Waals surface area contributed by atoms with Crippen LogP contribution in [-0.4, -0.2) is 36.0 Å². The number of carbonyl (C=O) groups is 1. The van der Waals surface area contributed by atoms with Crippen molar-refractivity contribution in [2.75, 3.05) is 19.0 Å². The Bertz CT molecular complexity index is 1070. The first-order valence-electron chi connectivity index (χ1n) is 8.74. The Morgan fingerprint density at radius 2 is 2.10 bits per heavy atom. The molecule has 2 N–H and O–H groups in total. The lowest BCUT2D eigenvalue weighted by molar-refractivity contribution is -0.134. The summed E-state index contributed by atoms with van der Waals surface area (Å²) in [5.74, 6) is -3.10. The zero-order valence-electron chi connectivity index (χ0n) is 15.9. The number of benzene rings is 1. The molecule has 0 saturated carbocycles. The van der Waals surface area contributed by atoms with Crippen LogP contribution in [-0.2, 0) is 4.79 Å². The van der Waals surface area contributed by atoms with E-state index in [2.05, 4.69) is 10.3 Å². The summed E-state index contributed by atoms with van der Waals surface area (Å²) >= 11 is 0. The van der Waals surface area contributed by atoms with Gasteiger partial charge in [-0.25, -0.2) is 9.78 Å². The molecule has 7 nitrogen and oxygen atoms in total. The molecule has 0 saturated heterocycles. The molecule has 1 aliphatic heterocycles. The molecule has 0 fully saturated rings. The van der Waals surface area contributed by atoms with Gasteiger partial charge in [-0.3, -0.25) is 0 Å². The number of nitrogens with one attached hydrogen (secondary N) is 1. The van der Waals surface area contributed by atoms with E-state index in [0.29, 0.717) is 0 Å². The Morgan fingerprint density at radius 1 is 1.37 bits per heavy atom. The standard InChI is InChI=1S/C20H16F3N3O4/c1-3-30-18-15-12(6-7-25-18)26-17(20(21,22)23)16(19(27)28)14(15)11-5-4-10(9-24)8-13(11)29-2/h4-8,14,26H,3H2,1-2H3,(H,27,28). The second kappa shape index (κ2) is 7.94. The third-order valence-corrected chi connectivity index (χ3v) is 4.53. The number of carboxylic acids is 1. The van der Waals surface area contributed by atoms with E-state index < -0.39 is 29.3 Å². The maximum absolute atomic E-state index is 13.8. The third-order valence-electron chi connectivity index (χ3n) is 4.53. The Kier molecular flexibility index (Phi) is 5.56. The number of pyridine rings is 1. The number of hydrogen-bond donors (Lipinski definition) is 2.